The molecule has 1 aromatic heterocycles. The van der Waals surface area contributed by atoms with Crippen molar-refractivity contribution in [1.29, 1.82) is 0 Å². The lowest BCUT2D eigenvalue weighted by Crippen LogP contribution is -2.34. The normalized spacial score (nSPS) is 15.3. The van der Waals surface area contributed by atoms with E-state index in [0.29, 0.717) is 11.6 Å². The molecule has 0 fully saturated rings. The summed E-state index contributed by atoms with van der Waals surface area (Å²) in [7, 11) is 0. The molecule has 7 heteroatoms. The summed E-state index contributed by atoms with van der Waals surface area (Å²) in [6.45, 7) is 0.298. The molecule has 2 rings (SSSR count). The van der Waals surface area contributed by atoms with Crippen LogP contribution in [0.4, 0.5) is 4.79 Å². The minimum atomic E-state index is -0.322. The number of carbonyl (C=O) groups excluding carboxylic acids is 1. The third-order valence-corrected chi connectivity index (χ3v) is 2.63. The van der Waals surface area contributed by atoms with Crippen LogP contribution in [0.1, 0.15) is 5.56 Å². The van der Waals surface area contributed by atoms with Gasteiger partial charge in [-0.3, -0.25) is 15.2 Å². The van der Waals surface area contributed by atoms with E-state index in [1.807, 2.05) is 0 Å². The summed E-state index contributed by atoms with van der Waals surface area (Å²) in [5.41, 5.74) is 0.777. The van der Waals surface area contributed by atoms with Gasteiger partial charge >= 0.3 is 6.03 Å². The molecule has 1 aliphatic rings. The highest BCUT2D eigenvalue weighted by atomic mass is 35.5. The third-order valence-electron chi connectivity index (χ3n) is 2.10. The summed E-state index contributed by atoms with van der Waals surface area (Å²) in [4.78, 5) is 20.7. The Balaban J connectivity index is 2.21. The zero-order valence-electron chi connectivity index (χ0n) is 8.60. The van der Waals surface area contributed by atoms with Crippen LogP contribution in [0, 0.1) is 0 Å². The number of amides is 2. The van der Waals surface area contributed by atoms with Crippen LogP contribution < -0.4 is 5.32 Å². The molecule has 0 aromatic carbocycles. The molecular weight excluding hydrogens is 263 g/mol. The van der Waals surface area contributed by atoms with E-state index >= 15 is 0 Å². The number of hydrogen-bond acceptors (Lipinski definition) is 3. The summed E-state index contributed by atoms with van der Waals surface area (Å²) in [6, 6.07) is 1.42. The van der Waals surface area contributed by atoms with Gasteiger partial charge in [-0.15, -0.1) is 0 Å². The summed E-state index contributed by atoms with van der Waals surface area (Å²) < 4.78 is 0. The van der Waals surface area contributed by atoms with Crippen LogP contribution in [-0.2, 0) is 6.54 Å². The van der Waals surface area contributed by atoms with Crippen LogP contribution in [-0.4, -0.2) is 22.3 Å². The smallest absolute Gasteiger partial charge is 0.298 e. The molecule has 2 amide bonds. The first kappa shape index (κ1) is 11.9. The van der Waals surface area contributed by atoms with Gasteiger partial charge in [0, 0.05) is 18.6 Å². The zero-order valence-corrected chi connectivity index (χ0v) is 10.1. The van der Waals surface area contributed by atoms with Crippen molar-refractivity contribution in [3.63, 3.8) is 0 Å². The Morgan fingerprint density at radius 2 is 2.24 bits per heavy atom. The fourth-order valence-corrected chi connectivity index (χ4v) is 1.63. The van der Waals surface area contributed by atoms with Crippen LogP contribution in [0.15, 0.2) is 34.8 Å². The Bertz CT molecular complexity index is 501. The van der Waals surface area contributed by atoms with Gasteiger partial charge in [0.25, 0.3) is 0 Å². The van der Waals surface area contributed by atoms with Crippen LogP contribution in [0.25, 0.3) is 0 Å². The van der Waals surface area contributed by atoms with Crippen LogP contribution in [0.5, 0.6) is 0 Å². The van der Waals surface area contributed by atoms with Crippen molar-refractivity contribution in [3.8, 4) is 0 Å². The summed E-state index contributed by atoms with van der Waals surface area (Å²) in [5.74, 6) is 0. The second-order valence-electron chi connectivity index (χ2n) is 3.25. The molecule has 0 saturated heterocycles. The van der Waals surface area contributed by atoms with E-state index < -0.39 is 0 Å². The van der Waals surface area contributed by atoms with Gasteiger partial charge in [-0.25, -0.2) is 9.79 Å². The third kappa shape index (κ3) is 2.95. The molecule has 5 nitrogen and oxygen atoms in total. The van der Waals surface area contributed by atoms with Gasteiger partial charge in [-0.05, 0) is 11.6 Å². The van der Waals surface area contributed by atoms with Crippen LogP contribution >= 0.6 is 23.2 Å². The Morgan fingerprint density at radius 3 is 3.00 bits per heavy atom. The molecular formula is C10H8Cl2N4O. The maximum Gasteiger partial charge on any atom is 0.326 e. The minimum absolute atomic E-state index is 0.216. The Kier molecular flexibility index (Phi) is 3.61. The number of carbonyl (C=O) groups is 1. The van der Waals surface area contributed by atoms with Gasteiger partial charge in [0.1, 0.15) is 5.16 Å². The van der Waals surface area contributed by atoms with Crippen LogP contribution in [0.3, 0.4) is 0 Å². The SMILES string of the molecule is O=C1NC=NC(Cl)=CN1Cc1ccncc1Cl. The van der Waals surface area contributed by atoms with Gasteiger partial charge in [-0.2, -0.15) is 0 Å². The van der Waals surface area contributed by atoms with E-state index in [1.54, 1.807) is 12.3 Å². The average Bonchev–Trinajstić information content (AvgIpc) is 2.45. The first-order chi connectivity index (χ1) is 8.16. The molecule has 1 aromatic rings. The number of urea groups is 1. The average molecular weight is 271 g/mol. The van der Waals surface area contributed by atoms with E-state index in [9.17, 15) is 4.79 Å². The molecule has 0 atom stereocenters. The fourth-order valence-electron chi connectivity index (χ4n) is 1.29. The van der Waals surface area contributed by atoms with Gasteiger partial charge in [0.15, 0.2) is 0 Å². The lowest BCUT2D eigenvalue weighted by molar-refractivity contribution is 0.219. The highest BCUT2D eigenvalue weighted by molar-refractivity contribution is 6.31. The minimum Gasteiger partial charge on any atom is -0.298 e. The summed E-state index contributed by atoms with van der Waals surface area (Å²) in [5, 5.41) is 3.18. The van der Waals surface area contributed by atoms with Crippen molar-refractivity contribution in [3.05, 3.63) is 40.4 Å². The Morgan fingerprint density at radius 1 is 1.41 bits per heavy atom. The Hall–Kier alpha value is -1.59. The molecule has 0 spiro atoms. The number of rotatable bonds is 2. The lowest BCUT2D eigenvalue weighted by atomic mass is 10.2. The van der Waals surface area contributed by atoms with Gasteiger partial charge in [-0.1, -0.05) is 23.2 Å². The first-order valence-corrected chi connectivity index (χ1v) is 5.48. The molecule has 88 valence electrons. The lowest BCUT2D eigenvalue weighted by Gasteiger charge is -2.17. The highest BCUT2D eigenvalue weighted by Gasteiger charge is 2.15. The van der Waals surface area contributed by atoms with Gasteiger partial charge < -0.3 is 0 Å². The van der Waals surface area contributed by atoms with Crippen molar-refractivity contribution < 1.29 is 4.79 Å². The number of pyridine rings is 1. The van der Waals surface area contributed by atoms with Crippen molar-refractivity contribution in [2.24, 2.45) is 4.99 Å². The van der Waals surface area contributed by atoms with Crippen molar-refractivity contribution >= 4 is 35.6 Å². The van der Waals surface area contributed by atoms with Crippen LogP contribution in [0.2, 0.25) is 5.02 Å². The second-order valence-corrected chi connectivity index (χ2v) is 4.05. The monoisotopic (exact) mass is 270 g/mol. The molecule has 0 bridgehead atoms. The molecule has 1 N–H and O–H groups in total. The molecule has 2 heterocycles. The number of aliphatic imine (C=N–C) groups is 1. The number of hydrogen-bond donors (Lipinski definition) is 1. The first-order valence-electron chi connectivity index (χ1n) is 4.72. The molecule has 0 aliphatic carbocycles. The number of nitrogens with zero attached hydrogens (tertiary/aromatic N) is 3. The Labute approximate surface area is 108 Å². The van der Waals surface area contributed by atoms with Gasteiger partial charge in [0.2, 0.25) is 0 Å². The summed E-state index contributed by atoms with van der Waals surface area (Å²) >= 11 is 11.7. The van der Waals surface area contributed by atoms with Crippen molar-refractivity contribution in [2.45, 2.75) is 6.54 Å². The van der Waals surface area contributed by atoms with E-state index in [-0.39, 0.29) is 11.2 Å². The van der Waals surface area contributed by atoms with E-state index in [1.165, 1.54) is 23.6 Å². The maximum atomic E-state index is 11.6. The van der Waals surface area contributed by atoms with Gasteiger partial charge in [0.05, 0.1) is 17.9 Å². The topological polar surface area (TPSA) is 57.6 Å². The molecule has 0 unspecified atom stereocenters. The highest BCUT2D eigenvalue weighted by Crippen LogP contribution is 2.17. The molecule has 1 aliphatic heterocycles. The number of nitrogens with one attached hydrogen (secondary N) is 1. The molecule has 17 heavy (non-hydrogen) atoms. The standard InChI is InChI=1S/C10H8Cl2N4O/c11-8-3-13-2-1-7(8)4-16-5-9(12)14-6-15-10(16)17/h1-3,5-6H,4H2,(H,14,15,17). The quantitative estimate of drug-likeness (QED) is 0.839. The second kappa shape index (κ2) is 5.16. The molecule has 0 saturated carbocycles. The van der Waals surface area contributed by atoms with E-state index in [2.05, 4.69) is 15.3 Å². The number of halogens is 2. The van der Waals surface area contributed by atoms with E-state index in [4.69, 9.17) is 23.2 Å². The zero-order chi connectivity index (χ0) is 12.3. The van der Waals surface area contributed by atoms with Crippen molar-refractivity contribution in [1.82, 2.24) is 15.2 Å². The predicted octanol–water partition coefficient (Wildman–Crippen LogP) is 2.33. The van der Waals surface area contributed by atoms with Crippen molar-refractivity contribution in [2.75, 3.05) is 0 Å². The number of aromatic nitrogens is 1. The molecule has 0 radical (unpaired) electrons. The largest absolute Gasteiger partial charge is 0.326 e. The maximum absolute atomic E-state index is 11.6. The fraction of sp³-hybridized carbons (Fsp3) is 0.100. The predicted molar refractivity (Wildman–Crippen MR) is 65.7 cm³/mol. The summed E-state index contributed by atoms with van der Waals surface area (Å²) in [6.07, 6.45) is 5.82. The van der Waals surface area contributed by atoms with E-state index in [0.717, 1.165) is 5.56 Å².